The number of carbonyl (C=O) groups is 2. The summed E-state index contributed by atoms with van der Waals surface area (Å²) in [4.78, 5) is 22.8. The maximum absolute atomic E-state index is 11.7. The lowest BCUT2D eigenvalue weighted by Crippen LogP contribution is -2.60. The van der Waals surface area contributed by atoms with Crippen molar-refractivity contribution in [3.8, 4) is 0 Å². The third kappa shape index (κ3) is 0.996. The van der Waals surface area contributed by atoms with Crippen LogP contribution in [-0.4, -0.2) is 22.5 Å². The Kier molecular flexibility index (Phi) is 1.69. The number of piperidine rings is 1. The van der Waals surface area contributed by atoms with Crippen molar-refractivity contribution in [2.24, 2.45) is 11.3 Å². The van der Waals surface area contributed by atoms with Crippen molar-refractivity contribution in [1.29, 1.82) is 0 Å². The van der Waals surface area contributed by atoms with Crippen molar-refractivity contribution in [3.05, 3.63) is 0 Å². The van der Waals surface area contributed by atoms with Crippen molar-refractivity contribution >= 4 is 11.9 Å². The minimum absolute atomic E-state index is 0.117. The van der Waals surface area contributed by atoms with Crippen LogP contribution in [0.2, 0.25) is 0 Å². The van der Waals surface area contributed by atoms with Crippen LogP contribution in [-0.2, 0) is 9.59 Å². The van der Waals surface area contributed by atoms with E-state index < -0.39 is 16.9 Å². The Morgan fingerprint density at radius 2 is 2.21 bits per heavy atom. The van der Waals surface area contributed by atoms with Crippen molar-refractivity contribution in [2.75, 3.05) is 0 Å². The van der Waals surface area contributed by atoms with E-state index in [-0.39, 0.29) is 11.8 Å². The van der Waals surface area contributed by atoms with Gasteiger partial charge in [-0.2, -0.15) is 0 Å². The van der Waals surface area contributed by atoms with E-state index >= 15 is 0 Å². The molecule has 2 N–H and O–H groups in total. The minimum Gasteiger partial charge on any atom is -0.480 e. The molecule has 4 heteroatoms. The Hall–Kier alpha value is -1.06. The number of aliphatic carboxylic acids is 1. The van der Waals surface area contributed by atoms with Gasteiger partial charge in [0.1, 0.15) is 5.54 Å². The lowest BCUT2D eigenvalue weighted by Gasteiger charge is -2.39. The normalized spacial score (nSPS) is 39.3. The number of carboxylic acid groups (broad SMARTS) is 1. The van der Waals surface area contributed by atoms with Gasteiger partial charge in [-0.1, -0.05) is 13.8 Å². The number of hydrogen-bond acceptors (Lipinski definition) is 2. The Morgan fingerprint density at radius 1 is 1.57 bits per heavy atom. The molecule has 0 aromatic heterocycles. The fourth-order valence-electron chi connectivity index (χ4n) is 2.59. The third-order valence-electron chi connectivity index (χ3n) is 3.88. The molecule has 0 spiro atoms. The van der Waals surface area contributed by atoms with Gasteiger partial charge in [0.25, 0.3) is 0 Å². The highest BCUT2D eigenvalue weighted by atomic mass is 16.4. The maximum atomic E-state index is 11.7. The quantitative estimate of drug-likeness (QED) is 0.652. The predicted molar refractivity (Wildman–Crippen MR) is 49.6 cm³/mol. The number of rotatable bonds is 1. The van der Waals surface area contributed by atoms with E-state index in [0.717, 1.165) is 6.42 Å². The highest BCUT2D eigenvalue weighted by Gasteiger charge is 2.57. The van der Waals surface area contributed by atoms with Crippen LogP contribution in [0.1, 0.15) is 33.1 Å². The van der Waals surface area contributed by atoms with Crippen LogP contribution in [0.25, 0.3) is 0 Å². The summed E-state index contributed by atoms with van der Waals surface area (Å²) in [5, 5.41) is 11.8. The number of nitrogens with one attached hydrogen (secondary N) is 1. The standard InChI is InChI=1S/C10H15NO3/c1-9(2)6-3-4-10(5-6,8(13)14)11-7(9)12/h6H,3-5H2,1-2H3,(H,11,12)(H,13,14)/t6-,10-/m0/s1. The van der Waals surface area contributed by atoms with Crippen LogP contribution in [0.4, 0.5) is 0 Å². The van der Waals surface area contributed by atoms with Gasteiger partial charge in [-0.25, -0.2) is 4.79 Å². The molecule has 2 bridgehead atoms. The molecule has 14 heavy (non-hydrogen) atoms. The topological polar surface area (TPSA) is 66.4 Å². The number of fused-ring (bicyclic) bond motifs is 2. The number of carboxylic acids is 1. The van der Waals surface area contributed by atoms with E-state index in [1.165, 1.54) is 0 Å². The molecule has 1 saturated heterocycles. The summed E-state index contributed by atoms with van der Waals surface area (Å²) in [6, 6.07) is 0. The number of amides is 1. The van der Waals surface area contributed by atoms with Crippen LogP contribution in [0, 0.1) is 11.3 Å². The summed E-state index contributed by atoms with van der Waals surface area (Å²) >= 11 is 0. The van der Waals surface area contributed by atoms with Gasteiger partial charge in [-0.3, -0.25) is 4.79 Å². The Labute approximate surface area is 82.7 Å². The smallest absolute Gasteiger partial charge is 0.329 e. The summed E-state index contributed by atoms with van der Waals surface area (Å²) in [6.07, 6.45) is 1.99. The first kappa shape index (κ1) is 9.49. The van der Waals surface area contributed by atoms with Crippen molar-refractivity contribution < 1.29 is 14.7 Å². The largest absolute Gasteiger partial charge is 0.480 e. The Morgan fingerprint density at radius 3 is 2.79 bits per heavy atom. The molecule has 1 aliphatic heterocycles. The molecule has 0 aromatic carbocycles. The van der Waals surface area contributed by atoms with Gasteiger partial charge in [-0.05, 0) is 25.2 Å². The maximum Gasteiger partial charge on any atom is 0.329 e. The van der Waals surface area contributed by atoms with E-state index in [1.54, 1.807) is 0 Å². The van der Waals surface area contributed by atoms with E-state index in [0.29, 0.717) is 12.8 Å². The summed E-state index contributed by atoms with van der Waals surface area (Å²) in [7, 11) is 0. The first-order valence-corrected chi connectivity index (χ1v) is 4.94. The van der Waals surface area contributed by atoms with E-state index in [2.05, 4.69) is 5.32 Å². The van der Waals surface area contributed by atoms with Crippen molar-refractivity contribution in [2.45, 2.75) is 38.6 Å². The zero-order valence-corrected chi connectivity index (χ0v) is 8.46. The van der Waals surface area contributed by atoms with Gasteiger partial charge in [-0.15, -0.1) is 0 Å². The monoisotopic (exact) mass is 197 g/mol. The van der Waals surface area contributed by atoms with E-state index in [9.17, 15) is 9.59 Å². The molecule has 0 radical (unpaired) electrons. The molecule has 78 valence electrons. The molecule has 1 heterocycles. The van der Waals surface area contributed by atoms with Gasteiger partial charge in [0.15, 0.2) is 0 Å². The van der Waals surface area contributed by atoms with Crippen LogP contribution < -0.4 is 5.32 Å². The van der Waals surface area contributed by atoms with Gasteiger partial charge in [0.2, 0.25) is 5.91 Å². The molecule has 1 saturated carbocycles. The zero-order chi connectivity index (χ0) is 10.6. The van der Waals surface area contributed by atoms with Crippen LogP contribution in [0.3, 0.4) is 0 Å². The average molecular weight is 197 g/mol. The van der Waals surface area contributed by atoms with E-state index in [1.807, 2.05) is 13.8 Å². The van der Waals surface area contributed by atoms with Crippen LogP contribution in [0.5, 0.6) is 0 Å². The molecule has 1 amide bonds. The molecule has 2 rings (SSSR count). The van der Waals surface area contributed by atoms with Gasteiger partial charge >= 0.3 is 5.97 Å². The van der Waals surface area contributed by atoms with Crippen molar-refractivity contribution in [1.82, 2.24) is 5.32 Å². The lowest BCUT2D eigenvalue weighted by molar-refractivity contribution is -0.152. The number of carbonyl (C=O) groups excluding carboxylic acids is 1. The fourth-order valence-corrected chi connectivity index (χ4v) is 2.59. The number of hydrogen-bond donors (Lipinski definition) is 2. The lowest BCUT2D eigenvalue weighted by atomic mass is 9.73. The van der Waals surface area contributed by atoms with E-state index in [4.69, 9.17) is 5.11 Å². The van der Waals surface area contributed by atoms with Gasteiger partial charge in [0.05, 0.1) is 0 Å². The zero-order valence-electron chi connectivity index (χ0n) is 8.46. The van der Waals surface area contributed by atoms with Crippen LogP contribution >= 0.6 is 0 Å². The summed E-state index contributed by atoms with van der Waals surface area (Å²) in [6.45, 7) is 3.79. The average Bonchev–Trinajstić information content (AvgIpc) is 2.46. The van der Waals surface area contributed by atoms with Gasteiger partial charge < -0.3 is 10.4 Å². The van der Waals surface area contributed by atoms with Crippen molar-refractivity contribution in [3.63, 3.8) is 0 Å². The molecule has 2 fully saturated rings. The fraction of sp³-hybridized carbons (Fsp3) is 0.800. The van der Waals surface area contributed by atoms with Crippen LogP contribution in [0.15, 0.2) is 0 Å². The first-order chi connectivity index (χ1) is 6.38. The highest BCUT2D eigenvalue weighted by molar-refractivity contribution is 5.92. The summed E-state index contributed by atoms with van der Waals surface area (Å²) in [5.41, 5.74) is -1.37. The molecule has 0 unspecified atom stereocenters. The predicted octanol–water partition coefficient (Wildman–Crippen LogP) is 0.766. The second-order valence-corrected chi connectivity index (χ2v) is 5.00. The van der Waals surface area contributed by atoms with Gasteiger partial charge in [0, 0.05) is 5.41 Å². The first-order valence-electron chi connectivity index (χ1n) is 4.94. The SMILES string of the molecule is CC1(C)C(=O)N[C@@]2(C(=O)O)CC[C@H]1C2. The molecular weight excluding hydrogens is 182 g/mol. The molecule has 2 atom stereocenters. The minimum atomic E-state index is -0.961. The molecule has 1 aliphatic carbocycles. The summed E-state index contributed by atoms with van der Waals surface area (Å²) < 4.78 is 0. The third-order valence-corrected chi connectivity index (χ3v) is 3.88. The molecular formula is C10H15NO3. The second kappa shape index (κ2) is 2.49. The molecule has 2 aliphatic rings. The highest BCUT2D eigenvalue weighted by Crippen LogP contribution is 2.48. The Bertz CT molecular complexity index is 310. The Balaban J connectivity index is 2.34. The molecule has 0 aromatic rings. The summed E-state index contributed by atoms with van der Waals surface area (Å²) in [5.74, 6) is -0.787. The second-order valence-electron chi connectivity index (χ2n) is 5.00. The molecule has 4 nitrogen and oxygen atoms in total.